The normalized spacial score (nSPS) is 19.9. The highest BCUT2D eigenvalue weighted by atomic mass is 19.4. The van der Waals surface area contributed by atoms with Crippen LogP contribution in [0, 0.1) is 0 Å². The van der Waals surface area contributed by atoms with E-state index >= 15 is 0 Å². The molecule has 11 heteroatoms. The number of alkyl halides is 3. The first-order valence-electron chi connectivity index (χ1n) is 11.0. The fraction of sp³-hybridized carbons (Fsp3) is 0.478. The minimum Gasteiger partial charge on any atom is -0.507 e. The molecule has 2 aromatic rings. The van der Waals surface area contributed by atoms with Crippen molar-refractivity contribution in [2.75, 3.05) is 11.9 Å². The minimum atomic E-state index is -4.94. The maximum atomic E-state index is 13.1. The highest BCUT2D eigenvalue weighted by Crippen LogP contribution is 2.42. The Hall–Kier alpha value is -3.05. The molecule has 0 amide bonds. The zero-order chi connectivity index (χ0) is 24.7. The number of phenols is 1. The summed E-state index contributed by atoms with van der Waals surface area (Å²) < 4.78 is 43.6. The number of ether oxygens (including phenoxy) is 1. The van der Waals surface area contributed by atoms with E-state index in [9.17, 15) is 18.3 Å². The summed E-state index contributed by atoms with van der Waals surface area (Å²) in [6.07, 6.45) is -1.60. The summed E-state index contributed by atoms with van der Waals surface area (Å²) in [4.78, 5) is 0. The number of benzene rings is 1. The second-order valence-electron chi connectivity index (χ2n) is 10.0. The third-order valence-corrected chi connectivity index (χ3v) is 5.77. The third-order valence-electron chi connectivity index (χ3n) is 5.77. The molecule has 0 unspecified atom stereocenters. The SMILES string of the molecule is CC1(C)CC(Nc2ccc(-c3c(O)cc(C4=CNNC4)cc3OC(F)(F)F)nn2)CC(C)(C)N1. The van der Waals surface area contributed by atoms with Gasteiger partial charge in [-0.05, 0) is 75.9 Å². The lowest BCUT2D eigenvalue weighted by Crippen LogP contribution is -2.60. The number of hydrazine groups is 1. The molecule has 1 aromatic heterocycles. The van der Waals surface area contributed by atoms with Gasteiger partial charge in [0.1, 0.15) is 23.0 Å². The third kappa shape index (κ3) is 5.71. The molecule has 0 aliphatic carbocycles. The number of aromatic hydroxyl groups is 1. The summed E-state index contributed by atoms with van der Waals surface area (Å²) in [5.41, 5.74) is 6.42. The molecule has 34 heavy (non-hydrogen) atoms. The van der Waals surface area contributed by atoms with Crippen LogP contribution in [-0.2, 0) is 0 Å². The quantitative estimate of drug-likeness (QED) is 0.441. The Kier molecular flexibility index (Phi) is 6.11. The lowest BCUT2D eigenvalue weighted by atomic mass is 9.79. The number of phenolic OH excluding ortho intramolecular Hbond substituents is 1. The standard InChI is InChI=1S/C23H29F3N6O2/c1-21(2)9-15(10-22(3,4)32-21)29-19-6-5-16(30-31-19)20-17(33)7-13(14-11-27-28-12-14)8-18(20)34-23(24,25)26/h5-8,11,15,27-28,32-33H,9-10,12H2,1-4H3,(H,29,31). The maximum Gasteiger partial charge on any atom is 0.573 e. The van der Waals surface area contributed by atoms with Crippen LogP contribution >= 0.6 is 0 Å². The molecule has 5 N–H and O–H groups in total. The molecule has 0 atom stereocenters. The lowest BCUT2D eigenvalue weighted by Gasteiger charge is -2.46. The summed E-state index contributed by atoms with van der Waals surface area (Å²) in [6.45, 7) is 8.94. The summed E-state index contributed by atoms with van der Waals surface area (Å²) in [6, 6.07) is 5.91. The number of nitrogens with zero attached hydrogens (tertiary/aromatic N) is 2. The second-order valence-corrected chi connectivity index (χ2v) is 10.0. The van der Waals surface area contributed by atoms with Gasteiger partial charge in [-0.15, -0.1) is 23.4 Å². The molecule has 1 saturated heterocycles. The van der Waals surface area contributed by atoms with Gasteiger partial charge in [-0.25, -0.2) is 5.43 Å². The fourth-order valence-electron chi connectivity index (χ4n) is 4.95. The topological polar surface area (TPSA) is 103 Å². The highest BCUT2D eigenvalue weighted by molar-refractivity contribution is 5.80. The Balaban J connectivity index is 1.61. The van der Waals surface area contributed by atoms with Gasteiger partial charge in [0.15, 0.2) is 0 Å². The number of hydrogen-bond acceptors (Lipinski definition) is 8. The zero-order valence-corrected chi connectivity index (χ0v) is 19.5. The molecule has 3 heterocycles. The molecule has 0 spiro atoms. The Morgan fingerprint density at radius 3 is 2.35 bits per heavy atom. The van der Waals surface area contributed by atoms with Gasteiger partial charge in [0.25, 0.3) is 0 Å². The molecule has 4 rings (SSSR count). The monoisotopic (exact) mass is 478 g/mol. The first-order chi connectivity index (χ1) is 15.8. The van der Waals surface area contributed by atoms with Crippen molar-refractivity contribution in [2.45, 2.75) is 64.0 Å². The van der Waals surface area contributed by atoms with E-state index in [1.54, 1.807) is 12.3 Å². The molecule has 0 bridgehead atoms. The first-order valence-corrected chi connectivity index (χ1v) is 11.0. The van der Waals surface area contributed by atoms with Crippen molar-refractivity contribution in [1.29, 1.82) is 0 Å². The van der Waals surface area contributed by atoms with Gasteiger partial charge in [0, 0.05) is 29.9 Å². The van der Waals surface area contributed by atoms with Crippen molar-refractivity contribution < 1.29 is 23.0 Å². The predicted molar refractivity (Wildman–Crippen MR) is 123 cm³/mol. The van der Waals surface area contributed by atoms with Crippen LogP contribution in [0.1, 0.15) is 46.1 Å². The van der Waals surface area contributed by atoms with Crippen LogP contribution in [0.5, 0.6) is 11.5 Å². The van der Waals surface area contributed by atoms with Crippen LogP contribution in [0.25, 0.3) is 16.8 Å². The van der Waals surface area contributed by atoms with Crippen LogP contribution in [0.15, 0.2) is 30.5 Å². The van der Waals surface area contributed by atoms with E-state index in [-0.39, 0.29) is 34.1 Å². The van der Waals surface area contributed by atoms with Gasteiger partial charge in [-0.3, -0.25) is 0 Å². The average molecular weight is 479 g/mol. The number of anilines is 1. The molecule has 0 radical (unpaired) electrons. The average Bonchev–Trinajstić information content (AvgIpc) is 3.20. The van der Waals surface area contributed by atoms with Crippen LogP contribution in [-0.4, -0.2) is 45.3 Å². The smallest absolute Gasteiger partial charge is 0.507 e. The predicted octanol–water partition coefficient (Wildman–Crippen LogP) is 3.92. The van der Waals surface area contributed by atoms with E-state index in [0.29, 0.717) is 23.5 Å². The molecule has 2 aliphatic heterocycles. The van der Waals surface area contributed by atoms with Crippen molar-refractivity contribution in [2.24, 2.45) is 0 Å². The number of rotatable bonds is 5. The van der Waals surface area contributed by atoms with E-state index < -0.39 is 12.1 Å². The summed E-state index contributed by atoms with van der Waals surface area (Å²) in [5.74, 6) is -0.432. The van der Waals surface area contributed by atoms with E-state index in [1.165, 1.54) is 18.2 Å². The zero-order valence-electron chi connectivity index (χ0n) is 19.5. The Morgan fingerprint density at radius 2 is 1.79 bits per heavy atom. The fourth-order valence-corrected chi connectivity index (χ4v) is 4.95. The van der Waals surface area contributed by atoms with Crippen molar-refractivity contribution in [3.8, 4) is 22.8 Å². The van der Waals surface area contributed by atoms with Crippen LogP contribution in [0.4, 0.5) is 19.0 Å². The van der Waals surface area contributed by atoms with Crippen molar-refractivity contribution in [3.05, 3.63) is 36.0 Å². The van der Waals surface area contributed by atoms with Gasteiger partial charge in [0.05, 0.1) is 5.56 Å². The molecule has 0 saturated carbocycles. The molecular formula is C23H29F3N6O2. The van der Waals surface area contributed by atoms with Crippen molar-refractivity contribution in [1.82, 2.24) is 26.4 Å². The highest BCUT2D eigenvalue weighted by Gasteiger charge is 2.38. The largest absolute Gasteiger partial charge is 0.573 e. The molecule has 1 fully saturated rings. The van der Waals surface area contributed by atoms with Gasteiger partial charge in [-0.1, -0.05) is 0 Å². The van der Waals surface area contributed by atoms with Gasteiger partial charge in [0.2, 0.25) is 0 Å². The molecule has 1 aromatic carbocycles. The molecular weight excluding hydrogens is 449 g/mol. The summed E-state index contributed by atoms with van der Waals surface area (Å²) >= 11 is 0. The van der Waals surface area contributed by atoms with Crippen LogP contribution < -0.4 is 26.2 Å². The molecule has 2 aliphatic rings. The van der Waals surface area contributed by atoms with E-state index in [4.69, 9.17) is 0 Å². The number of halogens is 3. The van der Waals surface area contributed by atoms with E-state index in [1.807, 2.05) is 0 Å². The van der Waals surface area contributed by atoms with Gasteiger partial charge >= 0.3 is 6.36 Å². The molecule has 8 nitrogen and oxygen atoms in total. The maximum absolute atomic E-state index is 13.1. The van der Waals surface area contributed by atoms with Gasteiger partial charge < -0.3 is 25.9 Å². The van der Waals surface area contributed by atoms with Crippen molar-refractivity contribution >= 4 is 11.4 Å². The second kappa shape index (κ2) is 8.62. The van der Waals surface area contributed by atoms with Crippen LogP contribution in [0.2, 0.25) is 0 Å². The molecule has 184 valence electrons. The summed E-state index contributed by atoms with van der Waals surface area (Å²) in [7, 11) is 0. The number of hydrogen-bond donors (Lipinski definition) is 5. The van der Waals surface area contributed by atoms with E-state index in [0.717, 1.165) is 12.8 Å². The number of nitrogens with one attached hydrogen (secondary N) is 4. The number of piperidine rings is 1. The Morgan fingerprint density at radius 1 is 1.09 bits per heavy atom. The van der Waals surface area contributed by atoms with E-state index in [2.05, 4.69) is 64.1 Å². The first kappa shape index (κ1) is 24.1. The Bertz CT molecular complexity index is 1070. The Labute approximate surface area is 196 Å². The minimum absolute atomic E-state index is 0.0655. The van der Waals surface area contributed by atoms with Crippen molar-refractivity contribution in [3.63, 3.8) is 0 Å². The lowest BCUT2D eigenvalue weighted by molar-refractivity contribution is -0.274. The van der Waals surface area contributed by atoms with Crippen LogP contribution in [0.3, 0.4) is 0 Å². The number of aromatic nitrogens is 2. The van der Waals surface area contributed by atoms with Gasteiger partial charge in [-0.2, -0.15) is 0 Å². The summed E-state index contributed by atoms with van der Waals surface area (Å²) in [5, 5.41) is 25.9.